The predicted molar refractivity (Wildman–Crippen MR) is 85.4 cm³/mol. The van der Waals surface area contributed by atoms with Crippen molar-refractivity contribution in [1.82, 2.24) is 14.7 Å². The van der Waals surface area contributed by atoms with E-state index in [4.69, 9.17) is 0 Å². The van der Waals surface area contributed by atoms with E-state index in [1.807, 2.05) is 15.6 Å². The zero-order chi connectivity index (χ0) is 15.2. The minimum Gasteiger partial charge on any atom is -0.337 e. The molecular weight excluding hydrogens is 262 g/mol. The van der Waals surface area contributed by atoms with Crippen molar-refractivity contribution in [2.75, 3.05) is 13.1 Å². The quantitative estimate of drug-likeness (QED) is 0.851. The van der Waals surface area contributed by atoms with Crippen molar-refractivity contribution in [1.29, 1.82) is 0 Å². The summed E-state index contributed by atoms with van der Waals surface area (Å²) in [5.74, 6) is 0.733. The topological polar surface area (TPSA) is 38.1 Å². The number of aryl methyl sites for hydroxylation is 1. The Balaban J connectivity index is 2.14. The molecule has 1 saturated heterocycles. The van der Waals surface area contributed by atoms with Crippen LogP contribution in [0.5, 0.6) is 0 Å². The van der Waals surface area contributed by atoms with Gasteiger partial charge in [0.2, 0.25) is 0 Å². The van der Waals surface area contributed by atoms with Crippen molar-refractivity contribution in [3.8, 4) is 0 Å². The molecule has 4 heteroatoms. The molecule has 2 heterocycles. The first-order valence-corrected chi connectivity index (χ1v) is 8.47. The summed E-state index contributed by atoms with van der Waals surface area (Å²) in [6.07, 6.45) is 7.00. The van der Waals surface area contributed by atoms with Gasteiger partial charge in [0.1, 0.15) is 5.69 Å². The number of amides is 1. The number of likely N-dealkylation sites (tertiary alicyclic amines) is 1. The summed E-state index contributed by atoms with van der Waals surface area (Å²) >= 11 is 0. The van der Waals surface area contributed by atoms with Gasteiger partial charge in [-0.1, -0.05) is 33.1 Å². The van der Waals surface area contributed by atoms with Crippen LogP contribution in [0.25, 0.3) is 0 Å². The number of nitrogens with zero attached hydrogens (tertiary/aromatic N) is 3. The second-order valence-corrected chi connectivity index (χ2v) is 6.49. The van der Waals surface area contributed by atoms with Crippen molar-refractivity contribution in [3.63, 3.8) is 0 Å². The molecule has 1 aliphatic heterocycles. The lowest BCUT2D eigenvalue weighted by Gasteiger charge is -2.24. The van der Waals surface area contributed by atoms with Gasteiger partial charge in [-0.15, -0.1) is 0 Å². The second-order valence-electron chi connectivity index (χ2n) is 6.49. The molecule has 1 aromatic rings. The number of carbonyl (C=O) groups excluding carboxylic acids is 1. The minimum atomic E-state index is 0.168. The Hall–Kier alpha value is -1.32. The van der Waals surface area contributed by atoms with E-state index in [2.05, 4.69) is 25.9 Å². The fourth-order valence-electron chi connectivity index (χ4n) is 3.01. The number of rotatable bonds is 4. The van der Waals surface area contributed by atoms with Gasteiger partial charge in [0.25, 0.3) is 5.91 Å². The van der Waals surface area contributed by atoms with Crippen LogP contribution in [-0.4, -0.2) is 33.7 Å². The number of aromatic nitrogens is 2. The van der Waals surface area contributed by atoms with Gasteiger partial charge >= 0.3 is 0 Å². The molecule has 0 N–H and O–H groups in total. The lowest BCUT2D eigenvalue weighted by molar-refractivity contribution is 0.0730. The maximum absolute atomic E-state index is 12.8. The molecule has 0 unspecified atom stereocenters. The van der Waals surface area contributed by atoms with Gasteiger partial charge in [-0.2, -0.15) is 5.10 Å². The minimum absolute atomic E-state index is 0.168. The van der Waals surface area contributed by atoms with E-state index in [-0.39, 0.29) is 5.91 Å². The molecule has 0 aliphatic carbocycles. The molecule has 1 aliphatic rings. The molecule has 0 spiro atoms. The summed E-state index contributed by atoms with van der Waals surface area (Å²) in [4.78, 5) is 14.8. The van der Waals surface area contributed by atoms with Gasteiger partial charge in [0.05, 0.1) is 5.69 Å². The molecule has 0 bridgehead atoms. The molecule has 2 rings (SSSR count). The Morgan fingerprint density at radius 1 is 1.19 bits per heavy atom. The van der Waals surface area contributed by atoms with E-state index >= 15 is 0 Å². The van der Waals surface area contributed by atoms with Gasteiger partial charge in [-0.25, -0.2) is 0 Å². The van der Waals surface area contributed by atoms with Crippen LogP contribution >= 0.6 is 0 Å². The fraction of sp³-hybridized carbons (Fsp3) is 0.765. The first kappa shape index (κ1) is 16.1. The van der Waals surface area contributed by atoms with Crippen LogP contribution in [0.1, 0.15) is 69.1 Å². The normalized spacial score (nSPS) is 16.9. The van der Waals surface area contributed by atoms with Gasteiger partial charge in [0, 0.05) is 19.6 Å². The van der Waals surface area contributed by atoms with Crippen LogP contribution < -0.4 is 0 Å². The number of hydrogen-bond donors (Lipinski definition) is 0. The van der Waals surface area contributed by atoms with E-state index in [0.29, 0.717) is 5.92 Å². The zero-order valence-corrected chi connectivity index (χ0v) is 13.8. The van der Waals surface area contributed by atoms with Crippen LogP contribution in [0, 0.1) is 5.92 Å². The third-order valence-corrected chi connectivity index (χ3v) is 4.11. The Morgan fingerprint density at radius 3 is 2.38 bits per heavy atom. The Bertz CT molecular complexity index is 457. The van der Waals surface area contributed by atoms with Crippen LogP contribution in [0.4, 0.5) is 0 Å². The molecule has 1 fully saturated rings. The molecule has 0 atom stereocenters. The van der Waals surface area contributed by atoms with Crippen LogP contribution in [0.3, 0.4) is 0 Å². The van der Waals surface area contributed by atoms with Gasteiger partial charge in [0.15, 0.2) is 0 Å². The van der Waals surface area contributed by atoms with Crippen molar-refractivity contribution in [2.45, 2.75) is 65.8 Å². The monoisotopic (exact) mass is 291 g/mol. The van der Waals surface area contributed by atoms with Crippen molar-refractivity contribution >= 4 is 5.91 Å². The maximum Gasteiger partial charge on any atom is 0.272 e. The molecule has 1 aromatic heterocycles. The average Bonchev–Trinajstić information content (AvgIpc) is 2.79. The van der Waals surface area contributed by atoms with E-state index in [1.165, 1.54) is 19.3 Å². The third kappa shape index (κ3) is 4.32. The summed E-state index contributed by atoms with van der Waals surface area (Å²) < 4.78 is 1.87. The average molecular weight is 291 g/mol. The molecule has 0 saturated carbocycles. The number of hydrogen-bond acceptors (Lipinski definition) is 2. The summed E-state index contributed by atoms with van der Waals surface area (Å²) in [6.45, 7) is 8.97. The highest BCUT2D eigenvalue weighted by atomic mass is 16.2. The van der Waals surface area contributed by atoms with Gasteiger partial charge in [-0.3, -0.25) is 9.48 Å². The highest BCUT2D eigenvalue weighted by Crippen LogP contribution is 2.16. The van der Waals surface area contributed by atoms with Crippen LogP contribution in [0.15, 0.2) is 6.07 Å². The first-order valence-electron chi connectivity index (χ1n) is 8.47. The van der Waals surface area contributed by atoms with E-state index < -0.39 is 0 Å². The standard InChI is InChI=1S/C17H29N3O/c1-4-20-16(13-15(18-20)12-14(2)3)17(21)19-10-8-6-5-7-9-11-19/h13-14H,4-12H2,1-3H3. The Kier molecular flexibility index (Phi) is 5.83. The molecule has 0 aromatic carbocycles. The second kappa shape index (κ2) is 7.62. The Labute approximate surface area is 128 Å². The third-order valence-electron chi connectivity index (χ3n) is 4.11. The fourth-order valence-corrected chi connectivity index (χ4v) is 3.01. The predicted octanol–water partition coefficient (Wildman–Crippen LogP) is 3.51. The van der Waals surface area contributed by atoms with Crippen LogP contribution in [0.2, 0.25) is 0 Å². The summed E-state index contributed by atoms with van der Waals surface area (Å²) in [6, 6.07) is 2.00. The van der Waals surface area contributed by atoms with Crippen LogP contribution in [-0.2, 0) is 13.0 Å². The molecular formula is C17H29N3O. The summed E-state index contributed by atoms with van der Waals surface area (Å²) in [5.41, 5.74) is 1.82. The van der Waals surface area contributed by atoms with E-state index in [1.54, 1.807) is 0 Å². The van der Waals surface area contributed by atoms with Crippen molar-refractivity contribution in [2.24, 2.45) is 5.92 Å². The summed E-state index contributed by atoms with van der Waals surface area (Å²) in [5, 5.41) is 4.60. The smallest absolute Gasteiger partial charge is 0.272 e. The van der Waals surface area contributed by atoms with Gasteiger partial charge in [-0.05, 0) is 38.2 Å². The van der Waals surface area contributed by atoms with Crippen molar-refractivity contribution < 1.29 is 4.79 Å². The molecule has 118 valence electrons. The van der Waals surface area contributed by atoms with E-state index in [9.17, 15) is 4.79 Å². The number of carbonyl (C=O) groups is 1. The highest BCUT2D eigenvalue weighted by Gasteiger charge is 2.21. The molecule has 1 amide bonds. The largest absolute Gasteiger partial charge is 0.337 e. The van der Waals surface area contributed by atoms with Crippen molar-refractivity contribution in [3.05, 3.63) is 17.5 Å². The molecule has 21 heavy (non-hydrogen) atoms. The molecule has 4 nitrogen and oxygen atoms in total. The van der Waals surface area contributed by atoms with Gasteiger partial charge < -0.3 is 4.90 Å². The lowest BCUT2D eigenvalue weighted by Crippen LogP contribution is -2.35. The SMILES string of the molecule is CCn1nc(CC(C)C)cc1C(=O)N1CCCCCCC1. The molecule has 0 radical (unpaired) electrons. The first-order chi connectivity index (χ1) is 10.1. The lowest BCUT2D eigenvalue weighted by atomic mass is 10.1. The zero-order valence-electron chi connectivity index (χ0n) is 13.8. The van der Waals surface area contributed by atoms with E-state index in [0.717, 1.165) is 50.3 Å². The summed E-state index contributed by atoms with van der Waals surface area (Å²) in [7, 11) is 0. The highest BCUT2D eigenvalue weighted by molar-refractivity contribution is 5.92. The maximum atomic E-state index is 12.8. The Morgan fingerprint density at radius 2 is 1.81 bits per heavy atom.